The van der Waals surface area contributed by atoms with Gasteiger partial charge >= 0.3 is 0 Å². The second kappa shape index (κ2) is 5.70. The van der Waals surface area contributed by atoms with Crippen molar-refractivity contribution in [1.29, 1.82) is 0 Å². The number of sulfone groups is 1. The smallest absolute Gasteiger partial charge is 0.150 e. The molecule has 2 fully saturated rings. The van der Waals surface area contributed by atoms with Crippen LogP contribution in [0.25, 0.3) is 0 Å². The number of hydrogen-bond donors (Lipinski definition) is 1. The average Bonchev–Trinajstić information content (AvgIpc) is 2.69. The van der Waals surface area contributed by atoms with Crippen LogP contribution in [0, 0.1) is 5.92 Å². The zero-order valence-corrected chi connectivity index (χ0v) is 13.3. The molecular weight excluding hydrogens is 260 g/mol. The van der Waals surface area contributed by atoms with E-state index in [2.05, 4.69) is 31.0 Å². The van der Waals surface area contributed by atoms with Crippen molar-refractivity contribution >= 4 is 9.84 Å². The van der Waals surface area contributed by atoms with Gasteiger partial charge in [-0.1, -0.05) is 13.8 Å². The molecule has 0 aromatic carbocycles. The van der Waals surface area contributed by atoms with Crippen LogP contribution >= 0.6 is 0 Å². The molecule has 2 aliphatic rings. The van der Waals surface area contributed by atoms with E-state index in [1.165, 1.54) is 0 Å². The Bertz CT molecular complexity index is 410. The summed E-state index contributed by atoms with van der Waals surface area (Å²) in [5, 5.41) is 3.66. The lowest BCUT2D eigenvalue weighted by atomic mass is 9.92. The Morgan fingerprint density at radius 3 is 2.63 bits per heavy atom. The zero-order chi connectivity index (χ0) is 14.1. The number of rotatable bonds is 4. The molecule has 2 aliphatic heterocycles. The maximum Gasteiger partial charge on any atom is 0.150 e. The van der Waals surface area contributed by atoms with Gasteiger partial charge in [0.15, 0.2) is 9.84 Å². The van der Waals surface area contributed by atoms with Gasteiger partial charge < -0.3 is 5.32 Å². The second-order valence-corrected chi connectivity index (χ2v) is 8.78. The molecule has 1 N–H and O–H groups in total. The first-order chi connectivity index (χ1) is 8.87. The predicted octanol–water partition coefficient (Wildman–Crippen LogP) is 1.27. The third-order valence-corrected chi connectivity index (χ3v) is 6.74. The van der Waals surface area contributed by atoms with Crippen LogP contribution in [0.2, 0.25) is 0 Å². The van der Waals surface area contributed by atoms with E-state index in [-0.39, 0.29) is 5.54 Å². The SMILES string of the molecule is CCC1CNC(C)(CC)CN1CC1CCS(=O)(=O)C1. The predicted molar refractivity (Wildman–Crippen MR) is 79.1 cm³/mol. The average molecular weight is 288 g/mol. The molecule has 0 amide bonds. The number of nitrogens with zero attached hydrogens (tertiary/aromatic N) is 1. The van der Waals surface area contributed by atoms with Gasteiger partial charge in [-0.15, -0.1) is 0 Å². The van der Waals surface area contributed by atoms with Crippen molar-refractivity contribution in [1.82, 2.24) is 10.2 Å². The zero-order valence-electron chi connectivity index (χ0n) is 12.5. The molecule has 0 aliphatic carbocycles. The van der Waals surface area contributed by atoms with Crippen molar-refractivity contribution in [3.63, 3.8) is 0 Å². The van der Waals surface area contributed by atoms with Gasteiger partial charge in [-0.2, -0.15) is 0 Å². The first-order valence-electron chi connectivity index (χ1n) is 7.57. The summed E-state index contributed by atoms with van der Waals surface area (Å²) in [6.07, 6.45) is 3.10. The minimum Gasteiger partial charge on any atom is -0.309 e. The Kier molecular flexibility index (Phi) is 4.58. The van der Waals surface area contributed by atoms with E-state index < -0.39 is 9.84 Å². The minimum absolute atomic E-state index is 0.184. The van der Waals surface area contributed by atoms with Crippen molar-refractivity contribution in [2.75, 3.05) is 31.1 Å². The Hall–Kier alpha value is -0.130. The van der Waals surface area contributed by atoms with E-state index in [1.54, 1.807) is 0 Å². The molecule has 2 heterocycles. The Balaban J connectivity index is 1.99. The maximum atomic E-state index is 11.6. The van der Waals surface area contributed by atoms with Gasteiger partial charge in [0.2, 0.25) is 0 Å². The highest BCUT2D eigenvalue weighted by atomic mass is 32.2. The molecule has 19 heavy (non-hydrogen) atoms. The normalized spacial score (nSPS) is 39.5. The van der Waals surface area contributed by atoms with Gasteiger partial charge in [-0.25, -0.2) is 8.42 Å². The molecule has 0 bridgehead atoms. The molecule has 2 rings (SSSR count). The number of piperazine rings is 1. The second-order valence-electron chi connectivity index (χ2n) is 6.56. The highest BCUT2D eigenvalue weighted by Crippen LogP contribution is 2.25. The fourth-order valence-electron chi connectivity index (χ4n) is 3.33. The van der Waals surface area contributed by atoms with Crippen LogP contribution in [0.3, 0.4) is 0 Å². The summed E-state index contributed by atoms with van der Waals surface area (Å²) in [6.45, 7) is 9.74. The van der Waals surface area contributed by atoms with Crippen molar-refractivity contribution in [3.8, 4) is 0 Å². The quantitative estimate of drug-likeness (QED) is 0.846. The highest BCUT2D eigenvalue weighted by Gasteiger charge is 2.36. The van der Waals surface area contributed by atoms with Crippen LogP contribution in [0.5, 0.6) is 0 Å². The van der Waals surface area contributed by atoms with E-state index in [4.69, 9.17) is 0 Å². The summed E-state index contributed by atoms with van der Waals surface area (Å²) in [4.78, 5) is 2.53. The largest absolute Gasteiger partial charge is 0.309 e. The van der Waals surface area contributed by atoms with E-state index in [0.29, 0.717) is 23.5 Å². The lowest BCUT2D eigenvalue weighted by Crippen LogP contribution is -2.63. The molecule has 0 saturated carbocycles. The molecule has 0 aromatic heterocycles. The van der Waals surface area contributed by atoms with Gasteiger partial charge in [0.1, 0.15) is 0 Å². The fraction of sp³-hybridized carbons (Fsp3) is 1.00. The van der Waals surface area contributed by atoms with Crippen LogP contribution in [0.15, 0.2) is 0 Å². The summed E-state index contributed by atoms with van der Waals surface area (Å²) >= 11 is 0. The van der Waals surface area contributed by atoms with Crippen LogP contribution in [-0.4, -0.2) is 56.0 Å². The first-order valence-corrected chi connectivity index (χ1v) is 9.39. The standard InChI is InChI=1S/C14H28N2O2S/c1-4-13-8-15-14(3,5-2)11-16(13)9-12-6-7-19(17,18)10-12/h12-13,15H,4-11H2,1-3H3. The van der Waals surface area contributed by atoms with Gasteiger partial charge in [-0.3, -0.25) is 4.90 Å². The van der Waals surface area contributed by atoms with Crippen LogP contribution < -0.4 is 5.32 Å². The molecule has 4 nitrogen and oxygen atoms in total. The third-order valence-electron chi connectivity index (χ3n) is 4.90. The van der Waals surface area contributed by atoms with Crippen molar-refractivity contribution in [3.05, 3.63) is 0 Å². The molecule has 0 spiro atoms. The lowest BCUT2D eigenvalue weighted by Gasteiger charge is -2.46. The summed E-state index contributed by atoms with van der Waals surface area (Å²) in [7, 11) is -2.75. The maximum absolute atomic E-state index is 11.6. The van der Waals surface area contributed by atoms with Crippen LogP contribution in [-0.2, 0) is 9.84 Å². The monoisotopic (exact) mass is 288 g/mol. The van der Waals surface area contributed by atoms with E-state index >= 15 is 0 Å². The topological polar surface area (TPSA) is 49.4 Å². The Labute approximate surface area is 117 Å². The highest BCUT2D eigenvalue weighted by molar-refractivity contribution is 7.91. The summed E-state index contributed by atoms with van der Waals surface area (Å²) < 4.78 is 23.2. The fourth-order valence-corrected chi connectivity index (χ4v) is 5.18. The summed E-state index contributed by atoms with van der Waals surface area (Å²) in [5.74, 6) is 1.14. The van der Waals surface area contributed by atoms with E-state index in [1.807, 2.05) is 0 Å². The molecular formula is C14H28N2O2S. The third kappa shape index (κ3) is 3.70. The number of hydrogen-bond acceptors (Lipinski definition) is 4. The molecule has 3 unspecified atom stereocenters. The Morgan fingerprint density at radius 2 is 2.11 bits per heavy atom. The molecule has 0 aromatic rings. The van der Waals surface area contributed by atoms with Crippen LogP contribution in [0.1, 0.15) is 40.0 Å². The molecule has 3 atom stereocenters. The first kappa shape index (κ1) is 15.3. The van der Waals surface area contributed by atoms with E-state index in [9.17, 15) is 8.42 Å². The van der Waals surface area contributed by atoms with Crippen molar-refractivity contribution in [2.45, 2.75) is 51.6 Å². The van der Waals surface area contributed by atoms with Gasteiger partial charge in [0.05, 0.1) is 11.5 Å². The van der Waals surface area contributed by atoms with Gasteiger partial charge in [0.25, 0.3) is 0 Å². The van der Waals surface area contributed by atoms with Crippen LogP contribution in [0.4, 0.5) is 0 Å². The molecule has 0 radical (unpaired) electrons. The van der Waals surface area contributed by atoms with Crippen molar-refractivity contribution in [2.24, 2.45) is 5.92 Å². The Morgan fingerprint density at radius 1 is 1.37 bits per heavy atom. The van der Waals surface area contributed by atoms with E-state index in [0.717, 1.165) is 38.9 Å². The lowest BCUT2D eigenvalue weighted by molar-refractivity contribution is 0.0705. The molecule has 112 valence electrons. The molecule has 2 saturated heterocycles. The minimum atomic E-state index is -2.75. The summed E-state index contributed by atoms with van der Waals surface area (Å²) in [5.41, 5.74) is 0.184. The van der Waals surface area contributed by atoms with Gasteiger partial charge in [-0.05, 0) is 32.1 Å². The van der Waals surface area contributed by atoms with Gasteiger partial charge in [0, 0.05) is 31.2 Å². The molecule has 5 heteroatoms. The van der Waals surface area contributed by atoms with Crippen molar-refractivity contribution < 1.29 is 8.42 Å². The number of nitrogens with one attached hydrogen (secondary N) is 1. The summed E-state index contributed by atoms with van der Waals surface area (Å²) in [6, 6.07) is 0.558.